The van der Waals surface area contributed by atoms with Crippen LogP contribution >= 0.6 is 15.9 Å². The zero-order valence-corrected chi connectivity index (χ0v) is 12.0. The lowest BCUT2D eigenvalue weighted by Gasteiger charge is -2.17. The number of carboxylic acid groups (broad SMARTS) is 1. The number of hydrogen-bond donors (Lipinski definition) is 2. The first-order chi connectivity index (χ1) is 9.11. The average Bonchev–Trinajstić information content (AvgIpc) is 2.85. The first-order valence-electron chi connectivity index (χ1n) is 6.28. The predicted octanol–water partition coefficient (Wildman–Crippen LogP) is 3.23. The van der Waals surface area contributed by atoms with E-state index in [-0.39, 0.29) is 11.8 Å². The molecule has 0 heterocycles. The van der Waals surface area contributed by atoms with Crippen LogP contribution in [-0.4, -0.2) is 17.6 Å². The van der Waals surface area contributed by atoms with Gasteiger partial charge in [-0.25, -0.2) is 0 Å². The third-order valence-electron chi connectivity index (χ3n) is 3.63. The van der Waals surface area contributed by atoms with Crippen LogP contribution in [0.25, 0.3) is 0 Å². The molecule has 5 heteroatoms. The summed E-state index contributed by atoms with van der Waals surface area (Å²) in [7, 11) is 0. The fourth-order valence-corrected chi connectivity index (χ4v) is 3.09. The molecule has 100 valence electrons. The van der Waals surface area contributed by atoms with Crippen molar-refractivity contribution in [3.63, 3.8) is 0 Å². The molecular weight excluding hydrogens is 308 g/mol. The zero-order chi connectivity index (χ0) is 13.8. The molecule has 2 atom stereocenters. The van der Waals surface area contributed by atoms with Crippen LogP contribution in [0.3, 0.4) is 0 Å². The minimum absolute atomic E-state index is 0.181. The van der Waals surface area contributed by atoms with Gasteiger partial charge in [-0.3, -0.25) is 4.79 Å². The topological polar surface area (TPSA) is 73.1 Å². The van der Waals surface area contributed by atoms with Crippen LogP contribution in [0.2, 0.25) is 0 Å². The lowest BCUT2D eigenvalue weighted by Crippen LogP contribution is -2.24. The molecule has 4 nitrogen and oxygen atoms in total. The Hall–Kier alpha value is -1.54. The van der Waals surface area contributed by atoms with Gasteiger partial charge in [0, 0.05) is 16.7 Å². The minimum atomic E-state index is -0.691. The van der Waals surface area contributed by atoms with Gasteiger partial charge in [-0.2, -0.15) is 5.26 Å². The lowest BCUT2D eigenvalue weighted by molar-refractivity contribution is -0.142. The number of hydrogen-bond acceptors (Lipinski definition) is 3. The Morgan fingerprint density at radius 3 is 2.95 bits per heavy atom. The summed E-state index contributed by atoms with van der Waals surface area (Å²) in [5.41, 5.74) is 1.50. The number of anilines is 1. The number of aliphatic carboxylic acids is 1. The summed E-state index contributed by atoms with van der Waals surface area (Å²) in [6.45, 7) is 0.654. The molecule has 0 saturated heterocycles. The second-order valence-corrected chi connectivity index (χ2v) is 5.68. The number of rotatable bonds is 4. The van der Waals surface area contributed by atoms with Crippen LogP contribution in [0.15, 0.2) is 22.7 Å². The summed E-state index contributed by atoms with van der Waals surface area (Å²) in [6.07, 6.45) is 2.71. The highest BCUT2D eigenvalue weighted by molar-refractivity contribution is 9.10. The van der Waals surface area contributed by atoms with Gasteiger partial charge < -0.3 is 10.4 Å². The maximum atomic E-state index is 11.1. The van der Waals surface area contributed by atoms with Gasteiger partial charge in [0.2, 0.25) is 0 Å². The predicted molar refractivity (Wildman–Crippen MR) is 75.8 cm³/mol. The van der Waals surface area contributed by atoms with E-state index >= 15 is 0 Å². The molecule has 0 bridgehead atoms. The van der Waals surface area contributed by atoms with Crippen molar-refractivity contribution >= 4 is 27.6 Å². The van der Waals surface area contributed by atoms with Crippen molar-refractivity contribution in [3.8, 4) is 6.07 Å². The van der Waals surface area contributed by atoms with E-state index in [1.807, 2.05) is 6.07 Å². The van der Waals surface area contributed by atoms with Gasteiger partial charge in [-0.15, -0.1) is 0 Å². The fraction of sp³-hybridized carbons (Fsp3) is 0.429. The molecule has 1 aromatic rings. The number of carbonyl (C=O) groups is 1. The third kappa shape index (κ3) is 3.27. The molecule has 0 amide bonds. The molecule has 1 aliphatic rings. The van der Waals surface area contributed by atoms with Crippen molar-refractivity contribution in [2.75, 3.05) is 11.9 Å². The highest BCUT2D eigenvalue weighted by Gasteiger charge is 2.32. The van der Waals surface area contributed by atoms with E-state index in [1.54, 1.807) is 12.1 Å². The Kier molecular flexibility index (Phi) is 4.43. The Morgan fingerprint density at radius 2 is 2.32 bits per heavy atom. The van der Waals surface area contributed by atoms with E-state index in [1.165, 1.54) is 0 Å². The van der Waals surface area contributed by atoms with Crippen LogP contribution in [0.5, 0.6) is 0 Å². The maximum absolute atomic E-state index is 11.1. The smallest absolute Gasteiger partial charge is 0.306 e. The summed E-state index contributed by atoms with van der Waals surface area (Å²) in [6, 6.07) is 7.42. The van der Waals surface area contributed by atoms with Gasteiger partial charge in [0.15, 0.2) is 0 Å². The molecule has 0 aliphatic heterocycles. The second kappa shape index (κ2) is 6.07. The monoisotopic (exact) mass is 322 g/mol. The first kappa shape index (κ1) is 13.9. The molecule has 2 unspecified atom stereocenters. The highest BCUT2D eigenvalue weighted by atomic mass is 79.9. The molecule has 2 N–H and O–H groups in total. The number of nitrogens with zero attached hydrogens (tertiary/aromatic N) is 1. The van der Waals surface area contributed by atoms with E-state index in [2.05, 4.69) is 27.3 Å². The normalized spacial score (nSPS) is 21.9. The van der Waals surface area contributed by atoms with E-state index in [9.17, 15) is 4.79 Å². The zero-order valence-electron chi connectivity index (χ0n) is 10.4. The van der Waals surface area contributed by atoms with Crippen molar-refractivity contribution in [2.24, 2.45) is 11.8 Å². The Morgan fingerprint density at radius 1 is 1.53 bits per heavy atom. The molecule has 0 spiro atoms. The van der Waals surface area contributed by atoms with Gasteiger partial charge in [-0.1, -0.05) is 6.42 Å². The molecule has 0 radical (unpaired) electrons. The number of nitriles is 1. The molecule has 1 aromatic carbocycles. The molecule has 1 fully saturated rings. The summed E-state index contributed by atoms with van der Waals surface area (Å²) in [5.74, 6) is -0.743. The van der Waals surface area contributed by atoms with E-state index in [0.717, 1.165) is 29.4 Å². The van der Waals surface area contributed by atoms with Crippen molar-refractivity contribution < 1.29 is 9.90 Å². The van der Waals surface area contributed by atoms with Gasteiger partial charge in [0.25, 0.3) is 0 Å². The Bertz CT molecular complexity index is 525. The Balaban J connectivity index is 1.99. The Labute approximate surface area is 120 Å². The number of carboxylic acids is 1. The summed E-state index contributed by atoms with van der Waals surface area (Å²) in [4.78, 5) is 11.1. The van der Waals surface area contributed by atoms with Gasteiger partial charge in [-0.05, 0) is 52.9 Å². The number of nitrogens with one attached hydrogen (secondary N) is 1. The standard InChI is InChI=1S/C14H15BrN2O2/c15-12-6-9(7-16)4-5-13(12)17-8-10-2-1-3-11(10)14(18)19/h4-6,10-11,17H,1-3,8H2,(H,18,19). The van der Waals surface area contributed by atoms with Crippen LogP contribution in [0, 0.1) is 23.2 Å². The quantitative estimate of drug-likeness (QED) is 0.892. The molecule has 1 aliphatic carbocycles. The highest BCUT2D eigenvalue weighted by Crippen LogP contribution is 2.33. The van der Waals surface area contributed by atoms with Gasteiger partial charge in [0.1, 0.15) is 0 Å². The van der Waals surface area contributed by atoms with Crippen molar-refractivity contribution in [3.05, 3.63) is 28.2 Å². The molecule has 19 heavy (non-hydrogen) atoms. The molecule has 0 aromatic heterocycles. The van der Waals surface area contributed by atoms with Gasteiger partial charge in [0.05, 0.1) is 17.6 Å². The second-order valence-electron chi connectivity index (χ2n) is 4.82. The molecular formula is C14H15BrN2O2. The van der Waals surface area contributed by atoms with E-state index in [4.69, 9.17) is 10.4 Å². The third-order valence-corrected chi connectivity index (χ3v) is 4.29. The van der Waals surface area contributed by atoms with Crippen molar-refractivity contribution in [2.45, 2.75) is 19.3 Å². The van der Waals surface area contributed by atoms with E-state index < -0.39 is 5.97 Å². The van der Waals surface area contributed by atoms with Crippen LogP contribution in [0.4, 0.5) is 5.69 Å². The molecule has 1 saturated carbocycles. The summed E-state index contributed by atoms with van der Waals surface area (Å²) in [5, 5.41) is 21.2. The molecule has 2 rings (SSSR count). The number of halogens is 1. The van der Waals surface area contributed by atoms with Gasteiger partial charge >= 0.3 is 5.97 Å². The maximum Gasteiger partial charge on any atom is 0.306 e. The van der Waals surface area contributed by atoms with E-state index in [0.29, 0.717) is 12.1 Å². The summed E-state index contributed by atoms with van der Waals surface area (Å²) >= 11 is 3.41. The number of benzene rings is 1. The summed E-state index contributed by atoms with van der Waals surface area (Å²) < 4.78 is 0.830. The minimum Gasteiger partial charge on any atom is -0.481 e. The van der Waals surface area contributed by atoms with Crippen LogP contribution in [0.1, 0.15) is 24.8 Å². The van der Waals surface area contributed by atoms with Crippen molar-refractivity contribution in [1.82, 2.24) is 0 Å². The van der Waals surface area contributed by atoms with Crippen LogP contribution < -0.4 is 5.32 Å². The average molecular weight is 323 g/mol. The largest absolute Gasteiger partial charge is 0.481 e. The fourth-order valence-electron chi connectivity index (χ4n) is 2.58. The SMILES string of the molecule is N#Cc1ccc(NCC2CCCC2C(=O)O)c(Br)c1. The van der Waals surface area contributed by atoms with Crippen molar-refractivity contribution in [1.29, 1.82) is 5.26 Å². The lowest BCUT2D eigenvalue weighted by atomic mass is 9.96. The first-order valence-corrected chi connectivity index (χ1v) is 7.07. The van der Waals surface area contributed by atoms with Crippen LogP contribution in [-0.2, 0) is 4.79 Å².